The molecule has 3 rings (SSSR count). The predicted octanol–water partition coefficient (Wildman–Crippen LogP) is 3.60. The first-order valence-corrected chi connectivity index (χ1v) is 9.29. The lowest BCUT2D eigenvalue weighted by atomic mass is 9.91. The van der Waals surface area contributed by atoms with Crippen LogP contribution in [0, 0.1) is 0 Å². The smallest absolute Gasteiger partial charge is 0.247 e. The topological polar surface area (TPSA) is 49.4 Å². The number of benzene rings is 2. The van der Waals surface area contributed by atoms with Gasteiger partial charge >= 0.3 is 0 Å². The fourth-order valence-corrected chi connectivity index (χ4v) is 3.70. The quantitative estimate of drug-likeness (QED) is 0.833. The van der Waals surface area contributed by atoms with Gasteiger partial charge in [0.15, 0.2) is 0 Å². The largest absolute Gasteiger partial charge is 0.350 e. The van der Waals surface area contributed by atoms with Crippen LogP contribution in [0.2, 0.25) is 0 Å². The highest BCUT2D eigenvalue weighted by Gasteiger charge is 2.36. The van der Waals surface area contributed by atoms with Crippen molar-refractivity contribution in [2.45, 2.75) is 32.4 Å². The van der Waals surface area contributed by atoms with Gasteiger partial charge in [0, 0.05) is 17.6 Å². The minimum absolute atomic E-state index is 0.0168. The lowest BCUT2D eigenvalue weighted by molar-refractivity contribution is -0.141. The van der Waals surface area contributed by atoms with Crippen LogP contribution in [-0.4, -0.2) is 23.3 Å². The van der Waals surface area contributed by atoms with Crippen molar-refractivity contribution in [1.82, 2.24) is 10.2 Å². The van der Waals surface area contributed by atoms with Crippen LogP contribution in [0.15, 0.2) is 53.0 Å². The van der Waals surface area contributed by atoms with Gasteiger partial charge in [-0.2, -0.15) is 0 Å². The normalized spacial score (nSPS) is 16.5. The first kappa shape index (κ1) is 17.7. The molecule has 2 aromatic carbocycles. The molecule has 0 fully saturated rings. The van der Waals surface area contributed by atoms with E-state index >= 15 is 0 Å². The van der Waals surface area contributed by atoms with E-state index in [-0.39, 0.29) is 11.8 Å². The molecule has 0 unspecified atom stereocenters. The van der Waals surface area contributed by atoms with Gasteiger partial charge in [-0.05, 0) is 35.2 Å². The third-order valence-electron chi connectivity index (χ3n) is 4.39. The Bertz CT molecular complexity index is 791. The molecular weight excluding hydrogens is 380 g/mol. The van der Waals surface area contributed by atoms with Crippen molar-refractivity contribution in [3.8, 4) is 0 Å². The number of nitrogens with one attached hydrogen (secondary N) is 1. The maximum absolute atomic E-state index is 12.9. The van der Waals surface area contributed by atoms with Gasteiger partial charge in [-0.3, -0.25) is 9.59 Å². The zero-order chi connectivity index (χ0) is 17.8. The summed E-state index contributed by atoms with van der Waals surface area (Å²) in [4.78, 5) is 27.2. The zero-order valence-electron chi connectivity index (χ0n) is 14.2. The molecule has 25 heavy (non-hydrogen) atoms. The minimum atomic E-state index is -0.551. The molecule has 0 saturated carbocycles. The molecule has 2 aromatic rings. The van der Waals surface area contributed by atoms with E-state index in [9.17, 15) is 9.59 Å². The maximum Gasteiger partial charge on any atom is 0.247 e. The number of rotatable bonds is 5. The Hall–Kier alpha value is -2.14. The standard InChI is InChI=1S/C20H21BrN2O2/c1-2-10-23-18(24)12-15-7-3-4-9-17(15)19(23)20(25)22-13-14-6-5-8-16(21)11-14/h3-9,11,19H,2,10,12-13H2,1H3,(H,22,25)/t19-/m1/s1. The number of amides is 2. The van der Waals surface area contributed by atoms with Crippen LogP contribution >= 0.6 is 15.9 Å². The Morgan fingerprint density at radius 1 is 1.24 bits per heavy atom. The lowest BCUT2D eigenvalue weighted by Gasteiger charge is -2.36. The van der Waals surface area contributed by atoms with Gasteiger partial charge in [0.05, 0.1) is 6.42 Å². The van der Waals surface area contributed by atoms with Crippen molar-refractivity contribution in [2.75, 3.05) is 6.54 Å². The van der Waals surface area contributed by atoms with Crippen molar-refractivity contribution >= 4 is 27.7 Å². The molecule has 0 aromatic heterocycles. The molecule has 0 aliphatic carbocycles. The van der Waals surface area contributed by atoms with Crippen LogP contribution in [-0.2, 0) is 22.6 Å². The first-order chi connectivity index (χ1) is 12.1. The summed E-state index contributed by atoms with van der Waals surface area (Å²) in [5, 5.41) is 2.99. The van der Waals surface area contributed by atoms with Crippen molar-refractivity contribution in [3.05, 3.63) is 69.7 Å². The molecule has 0 bridgehead atoms. The van der Waals surface area contributed by atoms with E-state index in [1.807, 2.05) is 55.5 Å². The van der Waals surface area contributed by atoms with E-state index in [1.165, 1.54) is 0 Å². The molecule has 1 aliphatic heterocycles. The molecule has 2 amide bonds. The summed E-state index contributed by atoms with van der Waals surface area (Å²) < 4.78 is 0.977. The third-order valence-corrected chi connectivity index (χ3v) is 4.89. The van der Waals surface area contributed by atoms with Gasteiger partial charge in [0.1, 0.15) is 6.04 Å². The van der Waals surface area contributed by atoms with Gasteiger partial charge in [-0.1, -0.05) is 59.3 Å². The second-order valence-electron chi connectivity index (χ2n) is 6.21. The van der Waals surface area contributed by atoms with Crippen LogP contribution in [0.4, 0.5) is 0 Å². The van der Waals surface area contributed by atoms with Crippen LogP contribution in [0.5, 0.6) is 0 Å². The van der Waals surface area contributed by atoms with Crippen LogP contribution in [0.25, 0.3) is 0 Å². The molecule has 0 spiro atoms. The summed E-state index contributed by atoms with van der Waals surface area (Å²) >= 11 is 3.44. The first-order valence-electron chi connectivity index (χ1n) is 8.49. The number of nitrogens with zero attached hydrogens (tertiary/aromatic N) is 1. The average Bonchev–Trinajstić information content (AvgIpc) is 2.60. The summed E-state index contributed by atoms with van der Waals surface area (Å²) in [5.41, 5.74) is 2.89. The van der Waals surface area contributed by atoms with E-state index in [2.05, 4.69) is 21.2 Å². The summed E-state index contributed by atoms with van der Waals surface area (Å²) in [6, 6.07) is 15.0. The Labute approximate surface area is 156 Å². The van der Waals surface area contributed by atoms with Crippen LogP contribution in [0.3, 0.4) is 0 Å². The van der Waals surface area contributed by atoms with Crippen molar-refractivity contribution < 1.29 is 9.59 Å². The van der Waals surface area contributed by atoms with Gasteiger partial charge in [-0.25, -0.2) is 0 Å². The van der Waals surface area contributed by atoms with Crippen molar-refractivity contribution in [1.29, 1.82) is 0 Å². The Morgan fingerprint density at radius 2 is 2.04 bits per heavy atom. The zero-order valence-corrected chi connectivity index (χ0v) is 15.8. The van der Waals surface area contributed by atoms with Crippen LogP contribution in [0.1, 0.15) is 36.1 Å². The highest BCUT2D eigenvalue weighted by molar-refractivity contribution is 9.10. The van der Waals surface area contributed by atoms with Crippen LogP contribution < -0.4 is 5.32 Å². The van der Waals surface area contributed by atoms with Gasteiger partial charge in [0.2, 0.25) is 11.8 Å². The van der Waals surface area contributed by atoms with E-state index in [0.717, 1.165) is 27.6 Å². The van der Waals surface area contributed by atoms with Gasteiger partial charge < -0.3 is 10.2 Å². The van der Waals surface area contributed by atoms with Gasteiger partial charge in [-0.15, -0.1) is 0 Å². The number of halogens is 1. The number of hydrogen-bond acceptors (Lipinski definition) is 2. The number of hydrogen-bond donors (Lipinski definition) is 1. The molecule has 130 valence electrons. The predicted molar refractivity (Wildman–Crippen MR) is 101 cm³/mol. The van der Waals surface area contributed by atoms with E-state index in [0.29, 0.717) is 19.5 Å². The summed E-state index contributed by atoms with van der Waals surface area (Å²) in [6.45, 7) is 3.04. The monoisotopic (exact) mass is 400 g/mol. The molecule has 0 radical (unpaired) electrons. The highest BCUT2D eigenvalue weighted by Crippen LogP contribution is 2.30. The minimum Gasteiger partial charge on any atom is -0.350 e. The van der Waals surface area contributed by atoms with Crippen molar-refractivity contribution in [2.24, 2.45) is 0 Å². The Kier molecular flexibility index (Phi) is 5.53. The molecule has 1 atom stereocenters. The van der Waals surface area contributed by atoms with E-state index < -0.39 is 6.04 Å². The Morgan fingerprint density at radius 3 is 2.80 bits per heavy atom. The van der Waals surface area contributed by atoms with E-state index in [1.54, 1.807) is 4.90 Å². The maximum atomic E-state index is 12.9. The number of carbonyl (C=O) groups excluding carboxylic acids is 2. The summed E-state index contributed by atoms with van der Waals surface area (Å²) in [5.74, 6) is -0.114. The fraction of sp³-hybridized carbons (Fsp3) is 0.300. The van der Waals surface area contributed by atoms with E-state index in [4.69, 9.17) is 0 Å². The third kappa shape index (κ3) is 3.93. The number of fused-ring (bicyclic) bond motifs is 1. The molecule has 0 saturated heterocycles. The molecule has 5 heteroatoms. The number of carbonyl (C=O) groups is 2. The molecule has 1 N–H and O–H groups in total. The fourth-order valence-electron chi connectivity index (χ4n) is 3.25. The highest BCUT2D eigenvalue weighted by atomic mass is 79.9. The molecule has 4 nitrogen and oxygen atoms in total. The second kappa shape index (κ2) is 7.83. The Balaban J connectivity index is 1.83. The molecular formula is C20H21BrN2O2. The lowest BCUT2D eigenvalue weighted by Crippen LogP contribution is -2.47. The SMILES string of the molecule is CCCN1C(=O)Cc2ccccc2[C@@H]1C(=O)NCc1cccc(Br)c1. The van der Waals surface area contributed by atoms with Crippen molar-refractivity contribution in [3.63, 3.8) is 0 Å². The second-order valence-corrected chi connectivity index (χ2v) is 7.13. The molecule has 1 aliphatic rings. The molecule has 1 heterocycles. The summed E-state index contributed by atoms with van der Waals surface area (Å²) in [7, 11) is 0. The average molecular weight is 401 g/mol. The summed E-state index contributed by atoms with van der Waals surface area (Å²) in [6.07, 6.45) is 1.19. The van der Waals surface area contributed by atoms with Gasteiger partial charge in [0.25, 0.3) is 0 Å².